The van der Waals surface area contributed by atoms with E-state index in [9.17, 15) is 4.79 Å². The first-order chi connectivity index (χ1) is 10.1. The molecule has 0 aromatic carbocycles. The van der Waals surface area contributed by atoms with E-state index in [1.54, 1.807) is 11.3 Å². The van der Waals surface area contributed by atoms with E-state index in [-0.39, 0.29) is 18.6 Å². The van der Waals surface area contributed by atoms with Crippen molar-refractivity contribution in [1.82, 2.24) is 10.3 Å². The Hall–Kier alpha value is -1.72. The smallest absolute Gasteiger partial charge is 0.253 e. The number of aliphatic hydroxyl groups excluding tert-OH is 1. The molecular formula is C16H20N2O2S. The zero-order valence-corrected chi connectivity index (χ0v) is 13.1. The minimum absolute atomic E-state index is 0.0426. The van der Waals surface area contributed by atoms with Gasteiger partial charge in [0.1, 0.15) is 0 Å². The molecule has 2 rings (SSSR count). The highest BCUT2D eigenvalue weighted by atomic mass is 32.1. The van der Waals surface area contributed by atoms with E-state index in [4.69, 9.17) is 5.11 Å². The lowest BCUT2D eigenvalue weighted by Gasteiger charge is -2.14. The number of carbonyl (C=O) groups excluding carboxylic acids is 1. The molecule has 2 N–H and O–H groups in total. The number of rotatable bonds is 6. The zero-order valence-electron chi connectivity index (χ0n) is 12.3. The maximum absolute atomic E-state index is 12.2. The molecule has 2 aromatic heterocycles. The molecule has 0 saturated carbocycles. The van der Waals surface area contributed by atoms with Crippen LogP contribution in [0.15, 0.2) is 29.6 Å². The zero-order chi connectivity index (χ0) is 15.2. The fourth-order valence-corrected chi connectivity index (χ4v) is 2.83. The van der Waals surface area contributed by atoms with Gasteiger partial charge in [-0.3, -0.25) is 9.78 Å². The molecule has 1 amide bonds. The van der Waals surface area contributed by atoms with Crippen LogP contribution in [-0.4, -0.2) is 28.6 Å². The van der Waals surface area contributed by atoms with E-state index in [2.05, 4.69) is 10.3 Å². The highest BCUT2D eigenvalue weighted by Crippen LogP contribution is 2.23. The number of hydrogen-bond donors (Lipinski definition) is 2. The number of aromatic nitrogens is 1. The fraction of sp³-hybridized carbons (Fsp3) is 0.375. The Morgan fingerprint density at radius 3 is 2.86 bits per heavy atom. The molecule has 5 heteroatoms. The molecule has 0 radical (unpaired) electrons. The van der Waals surface area contributed by atoms with E-state index in [0.29, 0.717) is 12.0 Å². The summed E-state index contributed by atoms with van der Waals surface area (Å²) in [4.78, 5) is 17.8. The van der Waals surface area contributed by atoms with Gasteiger partial charge in [-0.2, -0.15) is 0 Å². The van der Waals surface area contributed by atoms with Gasteiger partial charge < -0.3 is 10.4 Å². The summed E-state index contributed by atoms with van der Waals surface area (Å²) in [7, 11) is 0. The van der Waals surface area contributed by atoms with Crippen molar-refractivity contribution in [3.8, 4) is 10.6 Å². The molecule has 4 nitrogen and oxygen atoms in total. The molecule has 0 aliphatic heterocycles. The first-order valence-electron chi connectivity index (χ1n) is 7.05. The number of pyridine rings is 1. The summed E-state index contributed by atoms with van der Waals surface area (Å²) < 4.78 is 0. The predicted molar refractivity (Wildman–Crippen MR) is 85.5 cm³/mol. The van der Waals surface area contributed by atoms with E-state index in [1.165, 1.54) is 0 Å². The number of thiophene rings is 1. The van der Waals surface area contributed by atoms with E-state index in [1.807, 2.05) is 43.5 Å². The van der Waals surface area contributed by atoms with Crippen LogP contribution in [0, 0.1) is 6.92 Å². The highest BCUT2D eigenvalue weighted by Gasteiger charge is 2.13. The number of amides is 1. The molecule has 2 aromatic rings. The van der Waals surface area contributed by atoms with Gasteiger partial charge in [-0.25, -0.2) is 0 Å². The Morgan fingerprint density at radius 2 is 2.24 bits per heavy atom. The Kier molecular flexibility index (Phi) is 5.47. The molecule has 0 spiro atoms. The molecule has 1 unspecified atom stereocenters. The van der Waals surface area contributed by atoms with Crippen LogP contribution >= 0.6 is 11.3 Å². The molecule has 0 fully saturated rings. The van der Waals surface area contributed by atoms with Gasteiger partial charge in [0.05, 0.1) is 21.8 Å². The number of aliphatic hydroxyl groups is 1. The summed E-state index contributed by atoms with van der Waals surface area (Å²) in [6.07, 6.45) is 1.46. The van der Waals surface area contributed by atoms with Crippen LogP contribution in [0.25, 0.3) is 10.6 Å². The van der Waals surface area contributed by atoms with Crippen molar-refractivity contribution >= 4 is 17.2 Å². The normalized spacial score (nSPS) is 12.1. The standard InChI is InChI=1S/C16H20N2O2S/c1-11(5-3-9-19)17-16(20)13-7-8-14(18-12(13)2)15-6-4-10-21-15/h4,6-8,10-11,19H,3,5,9H2,1-2H3,(H,17,20). The van der Waals surface area contributed by atoms with Gasteiger partial charge in [0, 0.05) is 12.6 Å². The van der Waals surface area contributed by atoms with Gasteiger partial charge in [-0.15, -0.1) is 11.3 Å². The molecule has 0 aliphatic rings. The van der Waals surface area contributed by atoms with Crippen molar-refractivity contribution in [2.45, 2.75) is 32.7 Å². The van der Waals surface area contributed by atoms with Crippen molar-refractivity contribution in [2.24, 2.45) is 0 Å². The van der Waals surface area contributed by atoms with Crippen molar-refractivity contribution < 1.29 is 9.90 Å². The predicted octanol–water partition coefficient (Wildman–Crippen LogP) is 3.01. The minimum atomic E-state index is -0.108. The van der Waals surface area contributed by atoms with E-state index >= 15 is 0 Å². The summed E-state index contributed by atoms with van der Waals surface area (Å²) in [6.45, 7) is 3.94. The van der Waals surface area contributed by atoms with Gasteiger partial charge in [0.15, 0.2) is 0 Å². The van der Waals surface area contributed by atoms with Crippen molar-refractivity contribution in [3.05, 3.63) is 40.9 Å². The summed E-state index contributed by atoms with van der Waals surface area (Å²) in [5.74, 6) is -0.108. The van der Waals surface area contributed by atoms with Crippen molar-refractivity contribution in [2.75, 3.05) is 6.61 Å². The third-order valence-corrected chi connectivity index (χ3v) is 4.17. The van der Waals surface area contributed by atoms with Crippen LogP contribution in [0.2, 0.25) is 0 Å². The van der Waals surface area contributed by atoms with Crippen LogP contribution in [-0.2, 0) is 0 Å². The Morgan fingerprint density at radius 1 is 1.43 bits per heavy atom. The SMILES string of the molecule is Cc1nc(-c2cccs2)ccc1C(=O)NC(C)CCCO. The average molecular weight is 304 g/mol. The first kappa shape index (κ1) is 15.7. The quantitative estimate of drug-likeness (QED) is 0.862. The van der Waals surface area contributed by atoms with Gasteiger partial charge in [0.25, 0.3) is 5.91 Å². The topological polar surface area (TPSA) is 62.2 Å². The minimum Gasteiger partial charge on any atom is -0.396 e. The summed E-state index contributed by atoms with van der Waals surface area (Å²) in [6, 6.07) is 7.75. The van der Waals surface area contributed by atoms with E-state index < -0.39 is 0 Å². The van der Waals surface area contributed by atoms with Crippen LogP contribution in [0.5, 0.6) is 0 Å². The molecule has 21 heavy (non-hydrogen) atoms. The maximum Gasteiger partial charge on any atom is 0.253 e. The van der Waals surface area contributed by atoms with Crippen molar-refractivity contribution in [3.63, 3.8) is 0 Å². The second-order valence-electron chi connectivity index (χ2n) is 5.05. The van der Waals surface area contributed by atoms with Crippen LogP contribution in [0.1, 0.15) is 35.8 Å². The van der Waals surface area contributed by atoms with Crippen LogP contribution < -0.4 is 5.32 Å². The van der Waals surface area contributed by atoms with Gasteiger partial charge in [-0.05, 0) is 50.3 Å². The lowest BCUT2D eigenvalue weighted by Crippen LogP contribution is -2.33. The molecule has 2 heterocycles. The monoisotopic (exact) mass is 304 g/mol. The molecule has 1 atom stereocenters. The third kappa shape index (κ3) is 4.12. The second kappa shape index (κ2) is 7.33. The van der Waals surface area contributed by atoms with Crippen LogP contribution in [0.4, 0.5) is 0 Å². The molecule has 0 saturated heterocycles. The summed E-state index contributed by atoms with van der Waals surface area (Å²) in [5, 5.41) is 13.8. The fourth-order valence-electron chi connectivity index (χ4n) is 2.13. The molecule has 0 bridgehead atoms. The lowest BCUT2D eigenvalue weighted by molar-refractivity contribution is 0.0935. The Bertz CT molecular complexity index is 596. The Balaban J connectivity index is 2.08. The van der Waals surface area contributed by atoms with Gasteiger partial charge in [0.2, 0.25) is 0 Å². The molecule has 0 aliphatic carbocycles. The summed E-state index contributed by atoms with van der Waals surface area (Å²) in [5.41, 5.74) is 2.23. The number of hydrogen-bond acceptors (Lipinski definition) is 4. The number of nitrogens with one attached hydrogen (secondary N) is 1. The average Bonchev–Trinajstić information content (AvgIpc) is 2.99. The van der Waals surface area contributed by atoms with E-state index in [0.717, 1.165) is 22.7 Å². The number of carbonyl (C=O) groups is 1. The number of aryl methyl sites for hydroxylation is 1. The van der Waals surface area contributed by atoms with Gasteiger partial charge in [-0.1, -0.05) is 6.07 Å². The molecular weight excluding hydrogens is 284 g/mol. The first-order valence-corrected chi connectivity index (χ1v) is 7.93. The largest absolute Gasteiger partial charge is 0.396 e. The van der Waals surface area contributed by atoms with Crippen LogP contribution in [0.3, 0.4) is 0 Å². The maximum atomic E-state index is 12.2. The summed E-state index contributed by atoms with van der Waals surface area (Å²) >= 11 is 1.63. The van der Waals surface area contributed by atoms with Gasteiger partial charge >= 0.3 is 0 Å². The van der Waals surface area contributed by atoms with Crippen molar-refractivity contribution in [1.29, 1.82) is 0 Å². The lowest BCUT2D eigenvalue weighted by atomic mass is 10.1. The highest BCUT2D eigenvalue weighted by molar-refractivity contribution is 7.13. The second-order valence-corrected chi connectivity index (χ2v) is 5.99. The third-order valence-electron chi connectivity index (χ3n) is 3.28. The number of nitrogens with zero attached hydrogens (tertiary/aromatic N) is 1. The molecule has 112 valence electrons. The Labute approximate surface area is 128 Å².